The molecule has 0 saturated heterocycles. The normalized spacial score (nSPS) is 11.9. The number of carbonyl (C=O) groups is 2. The monoisotopic (exact) mass is 389 g/mol. The average Bonchev–Trinajstić information content (AvgIpc) is 2.66. The van der Waals surface area contributed by atoms with Gasteiger partial charge in [0.05, 0.1) is 0 Å². The van der Waals surface area contributed by atoms with Crippen LogP contribution in [0, 0.1) is 5.41 Å². The molecule has 27 heavy (non-hydrogen) atoms. The van der Waals surface area contributed by atoms with E-state index in [1.165, 1.54) is 0 Å². The minimum atomic E-state index is -0.748. The van der Waals surface area contributed by atoms with Crippen molar-refractivity contribution in [1.82, 2.24) is 10.2 Å². The molecule has 1 atom stereocenters. The molecule has 0 aliphatic carbocycles. The number of nitrogens with one attached hydrogen (secondary N) is 1. The van der Waals surface area contributed by atoms with Crippen molar-refractivity contribution in [2.45, 2.75) is 19.9 Å². The smallest absolute Gasteiger partial charge is 0.252 e. The Labute approximate surface area is 167 Å². The zero-order chi connectivity index (χ0) is 19.2. The van der Waals surface area contributed by atoms with Crippen molar-refractivity contribution in [3.63, 3.8) is 0 Å². The van der Waals surface area contributed by atoms with E-state index >= 15 is 0 Å². The number of nitrogens with two attached hydrogens (primary N) is 1. The number of nitrogens with zero attached hydrogens (tertiary/aromatic N) is 1. The lowest BCUT2D eigenvalue weighted by molar-refractivity contribution is -0.133. The van der Waals surface area contributed by atoms with Gasteiger partial charge in [-0.3, -0.25) is 9.59 Å². The largest absolute Gasteiger partial charge is 0.343 e. The van der Waals surface area contributed by atoms with Crippen molar-refractivity contribution in [1.29, 1.82) is 0 Å². The highest BCUT2D eigenvalue weighted by molar-refractivity contribution is 5.97. The highest BCUT2D eigenvalue weighted by atomic mass is 35.5. The Balaban J connectivity index is 0.00000364. The molecule has 6 heteroatoms. The first-order valence-corrected chi connectivity index (χ1v) is 8.70. The molecule has 0 bridgehead atoms. The maximum Gasteiger partial charge on any atom is 0.252 e. The topological polar surface area (TPSA) is 75.4 Å². The van der Waals surface area contributed by atoms with Crippen molar-refractivity contribution in [2.75, 3.05) is 20.1 Å². The summed E-state index contributed by atoms with van der Waals surface area (Å²) in [6, 6.07) is 17.4. The SMILES string of the molecule is CN(CC(C)(C)CN)C(=O)C(NC(=O)c1ccccc1)c1ccccc1.Cl. The van der Waals surface area contributed by atoms with Gasteiger partial charge in [-0.2, -0.15) is 0 Å². The maximum atomic E-state index is 13.1. The van der Waals surface area contributed by atoms with E-state index in [4.69, 9.17) is 5.73 Å². The molecule has 0 aliphatic heterocycles. The number of halogens is 1. The van der Waals surface area contributed by atoms with Gasteiger partial charge in [-0.25, -0.2) is 0 Å². The Morgan fingerprint density at radius 3 is 2.07 bits per heavy atom. The van der Waals surface area contributed by atoms with Gasteiger partial charge < -0.3 is 16.0 Å². The highest BCUT2D eigenvalue weighted by Crippen LogP contribution is 2.20. The molecule has 0 spiro atoms. The van der Waals surface area contributed by atoms with Gasteiger partial charge in [0.25, 0.3) is 5.91 Å². The Morgan fingerprint density at radius 2 is 1.56 bits per heavy atom. The lowest BCUT2D eigenvalue weighted by atomic mass is 9.92. The van der Waals surface area contributed by atoms with E-state index in [1.807, 2.05) is 50.2 Å². The molecule has 3 N–H and O–H groups in total. The van der Waals surface area contributed by atoms with Gasteiger partial charge in [-0.1, -0.05) is 62.4 Å². The molecule has 0 saturated carbocycles. The summed E-state index contributed by atoms with van der Waals surface area (Å²) in [5.41, 5.74) is 6.86. The van der Waals surface area contributed by atoms with E-state index in [9.17, 15) is 9.59 Å². The van der Waals surface area contributed by atoms with Gasteiger partial charge in [-0.05, 0) is 29.7 Å². The second kappa shape index (κ2) is 10.1. The van der Waals surface area contributed by atoms with E-state index in [0.29, 0.717) is 18.7 Å². The van der Waals surface area contributed by atoms with Crippen molar-refractivity contribution < 1.29 is 9.59 Å². The first-order chi connectivity index (χ1) is 12.3. The first kappa shape index (κ1) is 22.7. The van der Waals surface area contributed by atoms with Crippen molar-refractivity contribution >= 4 is 24.2 Å². The molecule has 1 unspecified atom stereocenters. The van der Waals surface area contributed by atoms with Crippen LogP contribution in [0.2, 0.25) is 0 Å². The van der Waals surface area contributed by atoms with Gasteiger partial charge in [-0.15, -0.1) is 12.4 Å². The Kier molecular flexibility index (Phi) is 8.47. The number of hydrogen-bond acceptors (Lipinski definition) is 3. The number of likely N-dealkylation sites (N-methyl/N-ethyl adjacent to an activating group) is 1. The minimum absolute atomic E-state index is 0. The number of hydrogen-bond donors (Lipinski definition) is 2. The quantitative estimate of drug-likeness (QED) is 0.764. The average molecular weight is 390 g/mol. The van der Waals surface area contributed by atoms with Gasteiger partial charge >= 0.3 is 0 Å². The summed E-state index contributed by atoms with van der Waals surface area (Å²) < 4.78 is 0. The van der Waals surface area contributed by atoms with Crippen LogP contribution < -0.4 is 11.1 Å². The fourth-order valence-electron chi connectivity index (χ4n) is 2.74. The van der Waals surface area contributed by atoms with Crippen LogP contribution in [-0.2, 0) is 4.79 Å². The lowest BCUT2D eigenvalue weighted by Crippen LogP contribution is -2.45. The molecule has 146 valence electrons. The maximum absolute atomic E-state index is 13.1. The summed E-state index contributed by atoms with van der Waals surface area (Å²) >= 11 is 0. The number of amides is 2. The van der Waals surface area contributed by atoms with Crippen LogP contribution in [0.5, 0.6) is 0 Å². The fourth-order valence-corrected chi connectivity index (χ4v) is 2.74. The second-order valence-corrected chi connectivity index (χ2v) is 7.25. The minimum Gasteiger partial charge on any atom is -0.343 e. The molecule has 2 aromatic rings. The molecule has 5 nitrogen and oxygen atoms in total. The zero-order valence-corrected chi connectivity index (χ0v) is 16.8. The highest BCUT2D eigenvalue weighted by Gasteiger charge is 2.29. The molecular weight excluding hydrogens is 362 g/mol. The molecule has 0 heterocycles. The van der Waals surface area contributed by atoms with Crippen LogP contribution >= 0.6 is 12.4 Å². The molecule has 2 rings (SSSR count). The lowest BCUT2D eigenvalue weighted by Gasteiger charge is -2.31. The molecule has 2 aromatic carbocycles. The summed E-state index contributed by atoms with van der Waals surface area (Å²) in [4.78, 5) is 27.3. The van der Waals surface area contributed by atoms with Crippen LogP contribution in [0.15, 0.2) is 60.7 Å². The second-order valence-electron chi connectivity index (χ2n) is 7.25. The van der Waals surface area contributed by atoms with Crippen LogP contribution in [0.4, 0.5) is 0 Å². The third kappa shape index (κ3) is 6.38. The zero-order valence-electron chi connectivity index (χ0n) is 16.0. The van der Waals surface area contributed by atoms with Crippen LogP contribution in [0.1, 0.15) is 35.8 Å². The van der Waals surface area contributed by atoms with E-state index in [-0.39, 0.29) is 29.6 Å². The summed E-state index contributed by atoms with van der Waals surface area (Å²) in [5.74, 6) is -0.443. The van der Waals surface area contributed by atoms with Gasteiger partial charge in [0.2, 0.25) is 5.91 Å². The molecule has 0 aromatic heterocycles. The Morgan fingerprint density at radius 1 is 1.04 bits per heavy atom. The summed E-state index contributed by atoms with van der Waals surface area (Å²) in [5, 5.41) is 2.87. The van der Waals surface area contributed by atoms with Crippen molar-refractivity contribution in [2.24, 2.45) is 11.1 Å². The Hall–Kier alpha value is -2.37. The molecule has 0 radical (unpaired) electrons. The Bertz CT molecular complexity index is 736. The standard InChI is InChI=1S/C21H27N3O2.ClH/c1-21(2,14-22)15-24(3)20(26)18(16-10-6-4-7-11-16)23-19(25)17-12-8-5-9-13-17;/h4-13,18H,14-15,22H2,1-3H3,(H,23,25);1H. The molecule has 0 aliphatic rings. The van der Waals surface area contributed by atoms with Gasteiger partial charge in [0.15, 0.2) is 0 Å². The van der Waals surface area contributed by atoms with Crippen molar-refractivity contribution in [3.8, 4) is 0 Å². The number of benzene rings is 2. The summed E-state index contributed by atoms with van der Waals surface area (Å²) in [6.45, 7) is 5.00. The van der Waals surface area contributed by atoms with Crippen molar-refractivity contribution in [3.05, 3.63) is 71.8 Å². The van der Waals surface area contributed by atoms with E-state index in [2.05, 4.69) is 5.32 Å². The van der Waals surface area contributed by atoms with Crippen LogP contribution in [0.25, 0.3) is 0 Å². The van der Waals surface area contributed by atoms with E-state index in [0.717, 1.165) is 5.56 Å². The fraction of sp³-hybridized carbons (Fsp3) is 0.333. The molecular formula is C21H28ClN3O2. The predicted octanol–water partition coefficient (Wildman–Crippen LogP) is 3.02. The van der Waals surface area contributed by atoms with Gasteiger partial charge in [0, 0.05) is 19.2 Å². The molecule has 0 fully saturated rings. The summed E-state index contributed by atoms with van der Waals surface area (Å²) in [6.07, 6.45) is 0. The van der Waals surface area contributed by atoms with E-state index < -0.39 is 6.04 Å². The van der Waals surface area contributed by atoms with E-state index in [1.54, 1.807) is 36.2 Å². The molecule has 2 amide bonds. The summed E-state index contributed by atoms with van der Waals surface area (Å²) in [7, 11) is 1.74. The third-order valence-electron chi connectivity index (χ3n) is 4.29. The third-order valence-corrected chi connectivity index (χ3v) is 4.29. The first-order valence-electron chi connectivity index (χ1n) is 8.70. The van der Waals surface area contributed by atoms with Crippen LogP contribution in [-0.4, -0.2) is 36.9 Å². The van der Waals surface area contributed by atoms with Crippen LogP contribution in [0.3, 0.4) is 0 Å². The number of rotatable bonds is 7. The predicted molar refractivity (Wildman–Crippen MR) is 111 cm³/mol. The van der Waals surface area contributed by atoms with Gasteiger partial charge in [0.1, 0.15) is 6.04 Å². The number of carbonyl (C=O) groups excluding carboxylic acids is 2.